The van der Waals surface area contributed by atoms with Gasteiger partial charge in [0, 0.05) is 0 Å². The van der Waals surface area contributed by atoms with Crippen LogP contribution in [0.5, 0.6) is 0 Å². The molecule has 0 saturated carbocycles. The normalized spacial score (nSPS) is 21.6. The Kier molecular flexibility index (Phi) is 16.7. The van der Waals surface area contributed by atoms with Crippen LogP contribution in [0.15, 0.2) is 0 Å². The molecule has 0 bridgehead atoms. The average Bonchev–Trinajstić information content (AvgIpc) is 3.31. The molecule has 0 N–H and O–H groups in total. The molecular weight excluding hydrogens is 542 g/mol. The molecule has 0 aromatic heterocycles. The van der Waals surface area contributed by atoms with Crippen molar-refractivity contribution in [2.75, 3.05) is 0 Å². The Morgan fingerprint density at radius 1 is 0.320 bits per heavy atom. The van der Waals surface area contributed by atoms with Crippen molar-refractivity contribution in [3.05, 3.63) is 0 Å². The first-order valence-corrected chi connectivity index (χ1v) is 4.83. The summed E-state index contributed by atoms with van der Waals surface area (Å²) >= 11 is 0. The summed E-state index contributed by atoms with van der Waals surface area (Å²) < 4.78 is 0. The molecule has 25 heteroatoms. The molecule has 0 unspecified atom stereocenters. The molecule has 0 radical (unpaired) electrons. The van der Waals surface area contributed by atoms with Crippen molar-refractivity contribution in [3.8, 4) is 0 Å². The molecule has 20 nitrogen and oxygen atoms in total. The maximum atomic E-state index is 9.63. The van der Waals surface area contributed by atoms with Crippen LogP contribution < -0.4 is 20.1 Å². The topological polar surface area (TPSA) is 240 Å². The molecular formula is B4HfO20. The average molecular weight is 542 g/mol. The molecule has 0 amide bonds. The molecule has 4 saturated heterocycles. The fourth-order valence-electron chi connectivity index (χ4n) is 0.449. The third-order valence-electron chi connectivity index (χ3n) is 1.05. The summed E-state index contributed by atoms with van der Waals surface area (Å²) in [4.78, 5) is 29.2. The van der Waals surface area contributed by atoms with Gasteiger partial charge in [0.05, 0.1) is 0 Å². The Labute approximate surface area is 154 Å². The first kappa shape index (κ1) is 25.3. The SMILES string of the molecule is [Hf+4].[O-]B1OOOO1.[O-]B1OOOO1.[O-]B1OOOO1.[O-]B1OOOO1. The molecule has 0 spiro atoms. The molecule has 136 valence electrons. The second-order valence-corrected chi connectivity index (χ2v) is 2.47. The maximum absolute atomic E-state index is 9.63. The number of rotatable bonds is 0. The smallest absolute Gasteiger partial charge is 0.827 e. The molecule has 0 aliphatic carbocycles. The van der Waals surface area contributed by atoms with Gasteiger partial charge < -0.3 is 20.1 Å². The van der Waals surface area contributed by atoms with Crippen molar-refractivity contribution >= 4 is 29.3 Å². The molecule has 25 heavy (non-hydrogen) atoms. The maximum Gasteiger partial charge on any atom is 4.00 e. The van der Waals surface area contributed by atoms with E-state index in [2.05, 4.69) is 78.7 Å². The van der Waals surface area contributed by atoms with Crippen LogP contribution in [0.4, 0.5) is 0 Å². The van der Waals surface area contributed by atoms with Crippen molar-refractivity contribution in [3.63, 3.8) is 0 Å². The van der Waals surface area contributed by atoms with E-state index < -0.39 is 29.3 Å². The van der Waals surface area contributed by atoms with Crippen molar-refractivity contribution in [2.24, 2.45) is 0 Å². The molecule has 0 atom stereocenters. The van der Waals surface area contributed by atoms with Gasteiger partial charge in [-0.3, -0.25) is 38.4 Å². The Morgan fingerprint density at radius 2 is 0.440 bits per heavy atom. The van der Waals surface area contributed by atoms with E-state index >= 15 is 0 Å². The molecule has 0 aromatic rings. The predicted octanol–water partition coefficient (Wildman–Crippen LogP) is -7.38. The van der Waals surface area contributed by atoms with E-state index in [-0.39, 0.29) is 25.8 Å². The summed E-state index contributed by atoms with van der Waals surface area (Å²) in [6.07, 6.45) is 0. The van der Waals surface area contributed by atoms with Crippen LogP contribution >= 0.6 is 0 Å². The minimum atomic E-state index is -1.65. The zero-order valence-electron chi connectivity index (χ0n) is 11.0. The number of hydrogen-bond acceptors (Lipinski definition) is 20. The Morgan fingerprint density at radius 3 is 0.480 bits per heavy atom. The van der Waals surface area contributed by atoms with Crippen LogP contribution in [-0.4, -0.2) is 29.3 Å². The predicted molar refractivity (Wildman–Crippen MR) is 40.4 cm³/mol. The van der Waals surface area contributed by atoms with E-state index in [1.54, 1.807) is 0 Å². The summed E-state index contributed by atoms with van der Waals surface area (Å²) in [5.41, 5.74) is 0. The van der Waals surface area contributed by atoms with Gasteiger partial charge in [0.1, 0.15) is 0 Å². The minimum Gasteiger partial charge on any atom is -0.827 e. The molecule has 4 rings (SSSR count). The summed E-state index contributed by atoms with van der Waals surface area (Å²) in [6, 6.07) is 0. The van der Waals surface area contributed by atoms with Crippen molar-refractivity contribution < 1.29 is 125 Å². The molecule has 4 aliphatic heterocycles. The third kappa shape index (κ3) is 15.1. The van der Waals surface area contributed by atoms with E-state index in [1.807, 2.05) is 0 Å². The van der Waals surface area contributed by atoms with Gasteiger partial charge >= 0.3 is 55.1 Å². The monoisotopic (exact) mass is 544 g/mol. The minimum absolute atomic E-state index is 0. The number of hydrogen-bond donors (Lipinski definition) is 0. The van der Waals surface area contributed by atoms with Crippen molar-refractivity contribution in [1.82, 2.24) is 0 Å². The van der Waals surface area contributed by atoms with Gasteiger partial charge in [0.15, 0.2) is 0 Å². The zero-order valence-corrected chi connectivity index (χ0v) is 14.6. The molecule has 4 fully saturated rings. The van der Waals surface area contributed by atoms with Crippen LogP contribution in [0.2, 0.25) is 0 Å². The van der Waals surface area contributed by atoms with Gasteiger partial charge in [0.2, 0.25) is 0 Å². The van der Waals surface area contributed by atoms with E-state index in [1.165, 1.54) is 0 Å². The van der Waals surface area contributed by atoms with Gasteiger partial charge in [-0.2, -0.15) is 0 Å². The van der Waals surface area contributed by atoms with Crippen LogP contribution in [0.3, 0.4) is 0 Å². The van der Waals surface area contributed by atoms with E-state index in [0.717, 1.165) is 0 Å². The van der Waals surface area contributed by atoms with Crippen LogP contribution in [0.25, 0.3) is 0 Å². The summed E-state index contributed by atoms with van der Waals surface area (Å²) in [5, 5.41) is 66.7. The van der Waals surface area contributed by atoms with Gasteiger partial charge in [-0.25, -0.2) is 0 Å². The van der Waals surface area contributed by atoms with Gasteiger partial charge in [-0.05, 0) is 0 Å². The second-order valence-electron chi connectivity index (χ2n) is 2.47. The molecule has 4 aliphatic rings. The van der Waals surface area contributed by atoms with E-state index in [9.17, 15) is 20.1 Å². The first-order chi connectivity index (χ1) is 11.6. The standard InChI is InChI=1S/4BO5.Hf/c4*2-1-3-5-6-4-1;/q4*-1;+4. The van der Waals surface area contributed by atoms with Gasteiger partial charge in [0.25, 0.3) is 0 Å². The Hall–Kier alpha value is 0.330. The van der Waals surface area contributed by atoms with Gasteiger partial charge in [-0.15, -0.1) is 0 Å². The van der Waals surface area contributed by atoms with Crippen LogP contribution in [0, 0.1) is 0 Å². The Balaban J connectivity index is 0.000000303. The first-order valence-electron chi connectivity index (χ1n) is 4.83. The summed E-state index contributed by atoms with van der Waals surface area (Å²) in [5.74, 6) is 0. The summed E-state index contributed by atoms with van der Waals surface area (Å²) in [6.45, 7) is 0. The van der Waals surface area contributed by atoms with Crippen molar-refractivity contribution in [1.29, 1.82) is 0 Å². The zero-order chi connectivity index (χ0) is 17.6. The fraction of sp³-hybridized carbons (Fsp3) is 0. The van der Waals surface area contributed by atoms with E-state index in [0.29, 0.717) is 0 Å². The quantitative estimate of drug-likeness (QED) is 0.204. The van der Waals surface area contributed by atoms with E-state index in [4.69, 9.17) is 0 Å². The fourth-order valence-corrected chi connectivity index (χ4v) is 0.449. The summed E-state index contributed by atoms with van der Waals surface area (Å²) in [7, 11) is -6.59. The largest absolute Gasteiger partial charge is 4.00 e. The van der Waals surface area contributed by atoms with Gasteiger partial charge in [-0.1, -0.05) is 40.3 Å². The van der Waals surface area contributed by atoms with Crippen LogP contribution in [0.1, 0.15) is 0 Å². The molecule has 4 heterocycles. The van der Waals surface area contributed by atoms with Crippen LogP contribution in [-0.2, 0) is 105 Å². The third-order valence-corrected chi connectivity index (χ3v) is 1.05. The van der Waals surface area contributed by atoms with Crippen molar-refractivity contribution in [2.45, 2.75) is 0 Å². The second kappa shape index (κ2) is 16.5. The Bertz CT molecular complexity index is 211. The molecule has 0 aromatic carbocycles.